The lowest BCUT2D eigenvalue weighted by Gasteiger charge is -2.27. The molecule has 0 aliphatic rings. The highest BCUT2D eigenvalue weighted by atomic mass is 32.2. The fourth-order valence-electron chi connectivity index (χ4n) is 1.96. The van der Waals surface area contributed by atoms with Crippen molar-refractivity contribution in [3.8, 4) is 0 Å². The Balaban J connectivity index is 2.70. The van der Waals surface area contributed by atoms with E-state index in [1.54, 1.807) is 11.8 Å². The van der Waals surface area contributed by atoms with E-state index in [1.807, 2.05) is 0 Å². The molecule has 1 rings (SSSR count). The van der Waals surface area contributed by atoms with Gasteiger partial charge in [0.25, 0.3) is 0 Å². The van der Waals surface area contributed by atoms with Gasteiger partial charge >= 0.3 is 0 Å². The molecule has 3 heteroatoms. The molecule has 2 N–H and O–H groups in total. The zero-order valence-electron chi connectivity index (χ0n) is 11.1. The summed E-state index contributed by atoms with van der Waals surface area (Å²) in [6.07, 6.45) is 4.56. The van der Waals surface area contributed by atoms with Gasteiger partial charge in [0.2, 0.25) is 0 Å². The molecule has 1 atom stereocenters. The minimum absolute atomic E-state index is 0.345. The number of hydrogen-bond acceptors (Lipinski definition) is 3. The van der Waals surface area contributed by atoms with Crippen molar-refractivity contribution in [2.75, 3.05) is 26.4 Å². The van der Waals surface area contributed by atoms with Crippen LogP contribution in [0, 0.1) is 0 Å². The summed E-state index contributed by atoms with van der Waals surface area (Å²) in [7, 11) is 2.16. The highest BCUT2D eigenvalue weighted by Crippen LogP contribution is 2.22. The third-order valence-electron chi connectivity index (χ3n) is 3.12. The van der Waals surface area contributed by atoms with Crippen molar-refractivity contribution in [2.24, 2.45) is 5.73 Å². The number of hydrogen-bond donors (Lipinski definition) is 1. The molecule has 1 aromatic carbocycles. The van der Waals surface area contributed by atoms with Gasteiger partial charge in [0.05, 0.1) is 0 Å². The number of rotatable bonds is 7. The van der Waals surface area contributed by atoms with E-state index in [2.05, 4.69) is 49.4 Å². The summed E-state index contributed by atoms with van der Waals surface area (Å²) in [4.78, 5) is 3.66. The van der Waals surface area contributed by atoms with Crippen molar-refractivity contribution in [1.82, 2.24) is 4.90 Å². The average Bonchev–Trinajstić information content (AvgIpc) is 2.38. The third-order valence-corrected chi connectivity index (χ3v) is 3.86. The van der Waals surface area contributed by atoms with Gasteiger partial charge in [-0.25, -0.2) is 0 Å². The van der Waals surface area contributed by atoms with E-state index in [-0.39, 0.29) is 0 Å². The van der Waals surface area contributed by atoms with Crippen molar-refractivity contribution < 1.29 is 0 Å². The third kappa shape index (κ3) is 4.34. The van der Waals surface area contributed by atoms with Crippen LogP contribution in [0.1, 0.15) is 31.4 Å². The Bertz CT molecular complexity index is 311. The molecule has 2 nitrogen and oxygen atoms in total. The fraction of sp³-hybridized carbons (Fsp3) is 0.571. The molecule has 0 saturated heterocycles. The first-order valence-electron chi connectivity index (χ1n) is 6.27. The van der Waals surface area contributed by atoms with Gasteiger partial charge in [-0.15, -0.1) is 11.8 Å². The summed E-state index contributed by atoms with van der Waals surface area (Å²) in [6, 6.07) is 9.10. The molecule has 96 valence electrons. The van der Waals surface area contributed by atoms with Crippen molar-refractivity contribution in [3.63, 3.8) is 0 Å². The van der Waals surface area contributed by atoms with Gasteiger partial charge in [0.15, 0.2) is 0 Å². The zero-order valence-corrected chi connectivity index (χ0v) is 12.0. The lowest BCUT2D eigenvalue weighted by Crippen LogP contribution is -2.31. The van der Waals surface area contributed by atoms with Crippen LogP contribution < -0.4 is 5.73 Å². The maximum Gasteiger partial charge on any atom is 0.0467 e. The Labute approximate surface area is 110 Å². The molecule has 0 spiro atoms. The van der Waals surface area contributed by atoms with Gasteiger partial charge in [-0.1, -0.05) is 25.5 Å². The van der Waals surface area contributed by atoms with Crippen molar-refractivity contribution in [1.29, 1.82) is 0 Å². The van der Waals surface area contributed by atoms with E-state index < -0.39 is 0 Å². The smallest absolute Gasteiger partial charge is 0.0467 e. The summed E-state index contributed by atoms with van der Waals surface area (Å²) < 4.78 is 0. The van der Waals surface area contributed by atoms with Crippen LogP contribution in [0.4, 0.5) is 0 Å². The maximum absolute atomic E-state index is 5.90. The second-order valence-corrected chi connectivity index (χ2v) is 5.24. The lowest BCUT2D eigenvalue weighted by atomic mass is 10.1. The van der Waals surface area contributed by atoms with E-state index in [4.69, 9.17) is 5.73 Å². The van der Waals surface area contributed by atoms with E-state index in [0.717, 1.165) is 6.54 Å². The minimum Gasteiger partial charge on any atom is -0.329 e. The zero-order chi connectivity index (χ0) is 12.7. The molecule has 0 aliphatic heterocycles. The van der Waals surface area contributed by atoms with Crippen molar-refractivity contribution in [2.45, 2.75) is 30.7 Å². The first kappa shape index (κ1) is 14.6. The second-order valence-electron chi connectivity index (χ2n) is 4.36. The van der Waals surface area contributed by atoms with Crippen LogP contribution in [-0.2, 0) is 0 Å². The summed E-state index contributed by atoms with van der Waals surface area (Å²) in [5.74, 6) is 0. The van der Waals surface area contributed by atoms with Crippen LogP contribution in [0.2, 0.25) is 0 Å². The van der Waals surface area contributed by atoms with Crippen LogP contribution in [-0.4, -0.2) is 31.3 Å². The molecule has 0 radical (unpaired) electrons. The minimum atomic E-state index is 0.345. The van der Waals surface area contributed by atoms with Gasteiger partial charge in [0.1, 0.15) is 0 Å². The lowest BCUT2D eigenvalue weighted by molar-refractivity contribution is 0.246. The summed E-state index contributed by atoms with van der Waals surface area (Å²) in [6.45, 7) is 4.01. The quantitative estimate of drug-likeness (QED) is 0.756. The molecule has 0 heterocycles. The van der Waals surface area contributed by atoms with Gasteiger partial charge in [0, 0.05) is 17.5 Å². The number of benzene rings is 1. The predicted molar refractivity (Wildman–Crippen MR) is 77.6 cm³/mol. The maximum atomic E-state index is 5.90. The molecular weight excluding hydrogens is 228 g/mol. The predicted octanol–water partition coefficient (Wildman–Crippen LogP) is 3.14. The summed E-state index contributed by atoms with van der Waals surface area (Å²) in [5, 5.41) is 0. The second kappa shape index (κ2) is 7.75. The topological polar surface area (TPSA) is 29.3 Å². The number of thioether (sulfide) groups is 1. The van der Waals surface area contributed by atoms with E-state index >= 15 is 0 Å². The van der Waals surface area contributed by atoms with Crippen LogP contribution in [0.15, 0.2) is 29.2 Å². The normalized spacial score (nSPS) is 13.0. The Morgan fingerprint density at radius 2 is 1.94 bits per heavy atom. The average molecular weight is 252 g/mol. The Morgan fingerprint density at radius 1 is 1.29 bits per heavy atom. The highest BCUT2D eigenvalue weighted by molar-refractivity contribution is 7.98. The first-order valence-corrected chi connectivity index (χ1v) is 7.49. The Morgan fingerprint density at radius 3 is 2.41 bits per heavy atom. The Kier molecular flexibility index (Phi) is 6.63. The number of unbranched alkanes of at least 4 members (excludes halogenated alkanes) is 1. The molecular formula is C14H24N2S. The molecule has 1 unspecified atom stereocenters. The standard InChI is InChI=1S/C14H24N2S/c1-4-5-10-16(2)14(11-15)12-6-8-13(17-3)9-7-12/h6-9,14H,4-5,10-11,15H2,1-3H3. The summed E-state index contributed by atoms with van der Waals surface area (Å²) >= 11 is 1.77. The van der Waals surface area contributed by atoms with Crippen LogP contribution in [0.5, 0.6) is 0 Å². The monoisotopic (exact) mass is 252 g/mol. The number of nitrogens with two attached hydrogens (primary N) is 1. The van der Waals surface area contributed by atoms with E-state index in [1.165, 1.54) is 23.3 Å². The van der Waals surface area contributed by atoms with Gasteiger partial charge in [-0.3, -0.25) is 4.90 Å². The molecule has 0 fully saturated rings. The van der Waals surface area contributed by atoms with Crippen LogP contribution in [0.3, 0.4) is 0 Å². The SMILES string of the molecule is CCCCN(C)C(CN)c1ccc(SC)cc1. The van der Waals surface area contributed by atoms with Gasteiger partial charge < -0.3 is 5.73 Å². The van der Waals surface area contributed by atoms with Gasteiger partial charge in [-0.2, -0.15) is 0 Å². The molecule has 17 heavy (non-hydrogen) atoms. The first-order chi connectivity index (χ1) is 8.22. The van der Waals surface area contributed by atoms with E-state index in [0.29, 0.717) is 12.6 Å². The molecule has 0 amide bonds. The van der Waals surface area contributed by atoms with E-state index in [9.17, 15) is 0 Å². The molecule has 0 saturated carbocycles. The molecule has 1 aromatic rings. The van der Waals surface area contributed by atoms with Crippen LogP contribution in [0.25, 0.3) is 0 Å². The fourth-order valence-corrected chi connectivity index (χ4v) is 2.37. The summed E-state index contributed by atoms with van der Waals surface area (Å²) in [5.41, 5.74) is 7.22. The molecule has 0 aliphatic carbocycles. The molecule has 0 aromatic heterocycles. The Hall–Kier alpha value is -0.510. The van der Waals surface area contributed by atoms with Gasteiger partial charge in [-0.05, 0) is 44.0 Å². The largest absolute Gasteiger partial charge is 0.329 e. The van der Waals surface area contributed by atoms with Crippen LogP contribution >= 0.6 is 11.8 Å². The van der Waals surface area contributed by atoms with Crippen molar-refractivity contribution >= 4 is 11.8 Å². The number of nitrogens with zero attached hydrogens (tertiary/aromatic N) is 1. The molecule has 0 bridgehead atoms. The van der Waals surface area contributed by atoms with Crippen molar-refractivity contribution in [3.05, 3.63) is 29.8 Å². The number of likely N-dealkylation sites (N-methyl/N-ethyl adjacent to an activating group) is 1. The highest BCUT2D eigenvalue weighted by Gasteiger charge is 2.14.